The number of guanidine groups is 1. The summed E-state index contributed by atoms with van der Waals surface area (Å²) in [7, 11) is 0. The second-order valence-corrected chi connectivity index (χ2v) is 7.32. The highest BCUT2D eigenvalue weighted by molar-refractivity contribution is 6.07. The summed E-state index contributed by atoms with van der Waals surface area (Å²) in [6.45, 7) is 1.13. The van der Waals surface area contributed by atoms with Gasteiger partial charge in [0, 0.05) is 12.0 Å². The monoisotopic (exact) mass is 371 g/mol. The maximum Gasteiger partial charge on any atom is 0.325 e. The van der Waals surface area contributed by atoms with Gasteiger partial charge in [-0.1, -0.05) is 31.0 Å². The summed E-state index contributed by atoms with van der Waals surface area (Å²) in [4.78, 5) is 30.3. The SMILES string of the molecule is NC(=NCCN1C(=O)NC2(CCCC2)C1=O)NC1CCOc2ccccc21. The summed E-state index contributed by atoms with van der Waals surface area (Å²) in [6.07, 6.45) is 4.19. The first kappa shape index (κ1) is 17.6. The third-order valence-electron chi connectivity index (χ3n) is 5.59. The van der Waals surface area contributed by atoms with Crippen molar-refractivity contribution in [1.82, 2.24) is 15.5 Å². The number of urea groups is 1. The Morgan fingerprint density at radius 1 is 1.33 bits per heavy atom. The van der Waals surface area contributed by atoms with E-state index < -0.39 is 5.54 Å². The van der Waals surface area contributed by atoms with Crippen molar-refractivity contribution < 1.29 is 14.3 Å². The predicted octanol–water partition coefficient (Wildman–Crippen LogP) is 1.28. The molecule has 1 aromatic carbocycles. The minimum atomic E-state index is -0.670. The highest BCUT2D eigenvalue weighted by Crippen LogP contribution is 2.35. The summed E-state index contributed by atoms with van der Waals surface area (Å²) in [5, 5.41) is 6.09. The molecule has 8 heteroatoms. The van der Waals surface area contributed by atoms with Crippen LogP contribution in [0.25, 0.3) is 0 Å². The van der Waals surface area contributed by atoms with E-state index in [1.807, 2.05) is 24.3 Å². The fourth-order valence-electron chi connectivity index (χ4n) is 4.18. The van der Waals surface area contributed by atoms with Gasteiger partial charge in [-0.25, -0.2) is 4.79 Å². The Kier molecular flexibility index (Phi) is 4.63. The number of hydrogen-bond donors (Lipinski definition) is 3. The quantitative estimate of drug-likeness (QED) is 0.420. The largest absolute Gasteiger partial charge is 0.493 e. The predicted molar refractivity (Wildman–Crippen MR) is 100 cm³/mol. The van der Waals surface area contributed by atoms with Gasteiger partial charge in [-0.05, 0) is 18.9 Å². The lowest BCUT2D eigenvalue weighted by Gasteiger charge is -2.27. The smallest absolute Gasteiger partial charge is 0.325 e. The van der Waals surface area contributed by atoms with Gasteiger partial charge in [0.05, 0.1) is 25.7 Å². The molecular formula is C19H25N5O3. The lowest BCUT2D eigenvalue weighted by atomic mass is 9.98. The van der Waals surface area contributed by atoms with Gasteiger partial charge < -0.3 is 21.1 Å². The Balaban J connectivity index is 1.34. The van der Waals surface area contributed by atoms with Crippen molar-refractivity contribution in [3.8, 4) is 5.75 Å². The van der Waals surface area contributed by atoms with Crippen LogP contribution in [0.15, 0.2) is 29.3 Å². The van der Waals surface area contributed by atoms with Crippen molar-refractivity contribution in [3.05, 3.63) is 29.8 Å². The molecule has 3 amide bonds. The summed E-state index contributed by atoms with van der Waals surface area (Å²) < 4.78 is 5.64. The molecule has 1 saturated carbocycles. The van der Waals surface area contributed by atoms with E-state index in [1.165, 1.54) is 4.90 Å². The number of fused-ring (bicyclic) bond motifs is 1. The number of nitrogens with zero attached hydrogens (tertiary/aromatic N) is 2. The number of amides is 3. The molecule has 2 fully saturated rings. The molecule has 144 valence electrons. The molecular weight excluding hydrogens is 346 g/mol. The number of nitrogens with two attached hydrogens (primary N) is 1. The number of benzene rings is 1. The number of hydrogen-bond acceptors (Lipinski definition) is 4. The molecule has 0 bridgehead atoms. The van der Waals surface area contributed by atoms with Gasteiger partial charge >= 0.3 is 6.03 Å². The van der Waals surface area contributed by atoms with E-state index in [-0.39, 0.29) is 31.1 Å². The molecule has 3 aliphatic rings. The molecule has 4 N–H and O–H groups in total. The first-order valence-electron chi connectivity index (χ1n) is 9.51. The molecule has 0 aromatic heterocycles. The number of carbonyl (C=O) groups excluding carboxylic acids is 2. The lowest BCUT2D eigenvalue weighted by Crippen LogP contribution is -2.44. The van der Waals surface area contributed by atoms with Crippen molar-refractivity contribution >= 4 is 17.9 Å². The van der Waals surface area contributed by atoms with Gasteiger partial charge in [0.15, 0.2) is 5.96 Å². The molecule has 27 heavy (non-hydrogen) atoms. The fraction of sp³-hybridized carbons (Fsp3) is 0.526. The standard InChI is InChI=1S/C19H25N5O3/c20-17(22-14-7-12-27-15-6-2-1-5-13(14)15)21-10-11-24-16(25)19(23-18(24)26)8-3-4-9-19/h1-2,5-6,14H,3-4,7-12H2,(H,23,26)(H3,20,21,22). The Morgan fingerprint density at radius 2 is 2.11 bits per heavy atom. The first-order valence-corrected chi connectivity index (χ1v) is 9.51. The van der Waals surface area contributed by atoms with Crippen molar-refractivity contribution in [3.63, 3.8) is 0 Å². The average molecular weight is 371 g/mol. The Hall–Kier alpha value is -2.77. The van der Waals surface area contributed by atoms with Gasteiger partial charge in [0.2, 0.25) is 0 Å². The zero-order chi connectivity index (χ0) is 18.9. The number of nitrogens with one attached hydrogen (secondary N) is 2. The normalized spacial score (nSPS) is 23.9. The molecule has 4 rings (SSSR count). The lowest BCUT2D eigenvalue weighted by molar-refractivity contribution is -0.131. The average Bonchev–Trinajstić information content (AvgIpc) is 3.22. The molecule has 1 atom stereocenters. The van der Waals surface area contributed by atoms with E-state index in [9.17, 15) is 9.59 Å². The zero-order valence-electron chi connectivity index (χ0n) is 15.2. The number of ether oxygens (including phenoxy) is 1. The van der Waals surface area contributed by atoms with Crippen LogP contribution in [0.1, 0.15) is 43.7 Å². The molecule has 1 saturated heterocycles. The van der Waals surface area contributed by atoms with Crippen LogP contribution in [-0.4, -0.2) is 48.0 Å². The third-order valence-corrected chi connectivity index (χ3v) is 5.59. The summed E-state index contributed by atoms with van der Waals surface area (Å²) in [5.41, 5.74) is 6.41. The van der Waals surface area contributed by atoms with Crippen LogP contribution < -0.4 is 21.1 Å². The highest BCUT2D eigenvalue weighted by atomic mass is 16.5. The van der Waals surface area contributed by atoms with E-state index in [0.717, 1.165) is 43.4 Å². The molecule has 1 unspecified atom stereocenters. The van der Waals surface area contributed by atoms with Crippen LogP contribution in [-0.2, 0) is 4.79 Å². The van der Waals surface area contributed by atoms with Gasteiger partial charge in [0.25, 0.3) is 5.91 Å². The van der Waals surface area contributed by atoms with Crippen molar-refractivity contribution in [1.29, 1.82) is 0 Å². The molecule has 1 spiro atoms. The highest BCUT2D eigenvalue weighted by Gasteiger charge is 2.52. The van der Waals surface area contributed by atoms with Gasteiger partial charge in [-0.2, -0.15) is 0 Å². The third kappa shape index (κ3) is 3.31. The van der Waals surface area contributed by atoms with E-state index in [2.05, 4.69) is 15.6 Å². The molecule has 8 nitrogen and oxygen atoms in total. The Morgan fingerprint density at radius 3 is 2.93 bits per heavy atom. The molecule has 2 aliphatic heterocycles. The maximum atomic E-state index is 12.6. The fourth-order valence-corrected chi connectivity index (χ4v) is 4.18. The minimum absolute atomic E-state index is 0.0391. The van der Waals surface area contributed by atoms with Gasteiger partial charge in [0.1, 0.15) is 11.3 Å². The van der Waals surface area contributed by atoms with Gasteiger partial charge in [-0.3, -0.25) is 14.7 Å². The number of para-hydroxylation sites is 1. The van der Waals surface area contributed by atoms with E-state index in [0.29, 0.717) is 12.6 Å². The van der Waals surface area contributed by atoms with Crippen LogP contribution in [0, 0.1) is 0 Å². The van der Waals surface area contributed by atoms with Crippen LogP contribution in [0.2, 0.25) is 0 Å². The number of aliphatic imine (C=N–C) groups is 1. The Bertz CT molecular complexity index is 772. The van der Waals surface area contributed by atoms with E-state index in [1.54, 1.807) is 0 Å². The minimum Gasteiger partial charge on any atom is -0.493 e. The summed E-state index contributed by atoms with van der Waals surface area (Å²) in [6, 6.07) is 7.57. The van der Waals surface area contributed by atoms with Crippen molar-refractivity contribution in [2.24, 2.45) is 10.7 Å². The summed E-state index contributed by atoms with van der Waals surface area (Å²) in [5.74, 6) is 1.04. The number of imide groups is 1. The molecule has 1 aromatic rings. The second kappa shape index (κ2) is 7.09. The number of rotatable bonds is 4. The van der Waals surface area contributed by atoms with Gasteiger partial charge in [-0.15, -0.1) is 0 Å². The molecule has 1 aliphatic carbocycles. The van der Waals surface area contributed by atoms with Crippen LogP contribution in [0.5, 0.6) is 5.75 Å². The zero-order valence-corrected chi connectivity index (χ0v) is 15.2. The second-order valence-electron chi connectivity index (χ2n) is 7.32. The van der Waals surface area contributed by atoms with Crippen LogP contribution in [0.3, 0.4) is 0 Å². The molecule has 2 heterocycles. The van der Waals surface area contributed by atoms with E-state index >= 15 is 0 Å². The summed E-state index contributed by atoms with van der Waals surface area (Å²) >= 11 is 0. The maximum absolute atomic E-state index is 12.6. The topological polar surface area (TPSA) is 109 Å². The van der Waals surface area contributed by atoms with Crippen molar-refractivity contribution in [2.75, 3.05) is 19.7 Å². The Labute approximate surface area is 158 Å². The van der Waals surface area contributed by atoms with Crippen LogP contribution >= 0.6 is 0 Å². The molecule has 0 radical (unpaired) electrons. The van der Waals surface area contributed by atoms with Crippen molar-refractivity contribution in [2.45, 2.75) is 43.7 Å². The van der Waals surface area contributed by atoms with Crippen LogP contribution in [0.4, 0.5) is 4.79 Å². The first-order chi connectivity index (χ1) is 13.1. The van der Waals surface area contributed by atoms with E-state index in [4.69, 9.17) is 10.5 Å². The number of carbonyl (C=O) groups is 2.